The predicted molar refractivity (Wildman–Crippen MR) is 87.7 cm³/mol. The van der Waals surface area contributed by atoms with Gasteiger partial charge in [0.25, 0.3) is 0 Å². The van der Waals surface area contributed by atoms with Crippen molar-refractivity contribution in [3.8, 4) is 0 Å². The van der Waals surface area contributed by atoms with E-state index in [0.717, 1.165) is 17.8 Å². The number of benzene rings is 1. The number of hydrogen-bond donors (Lipinski definition) is 1. The average molecular weight is 321 g/mol. The normalized spacial score (nSPS) is 10.9. The number of aromatic amines is 1. The molecule has 1 heterocycles. The number of carbonyl (C=O) groups is 1. The van der Waals surface area contributed by atoms with Crippen molar-refractivity contribution in [2.75, 3.05) is 27.2 Å². The molecular weight excluding hydrogens is 300 g/mol. The summed E-state index contributed by atoms with van der Waals surface area (Å²) in [6.45, 7) is 2.04. The largest absolute Gasteiger partial charge is 0.347 e. The quantitative estimate of drug-likeness (QED) is 0.851. The molecule has 1 aromatic heterocycles. The second-order valence-corrected chi connectivity index (χ2v) is 5.94. The number of nitrogens with one attached hydrogen (secondary N) is 1. The highest BCUT2D eigenvalue weighted by Gasteiger charge is 2.15. The summed E-state index contributed by atoms with van der Waals surface area (Å²) < 4.78 is 0. The Morgan fingerprint density at radius 1 is 1.23 bits per heavy atom. The van der Waals surface area contributed by atoms with E-state index >= 15 is 0 Å². The van der Waals surface area contributed by atoms with Gasteiger partial charge < -0.3 is 14.8 Å². The molecule has 0 saturated heterocycles. The van der Waals surface area contributed by atoms with E-state index in [-0.39, 0.29) is 5.91 Å². The fraction of sp³-hybridized carbons (Fsp3) is 0.375. The highest BCUT2D eigenvalue weighted by Crippen LogP contribution is 2.11. The first-order chi connectivity index (χ1) is 10.5. The number of carbonyl (C=O) groups excluding carboxylic acids is 1. The van der Waals surface area contributed by atoms with Crippen LogP contribution >= 0.6 is 11.6 Å². The molecule has 2 aromatic rings. The zero-order valence-electron chi connectivity index (χ0n) is 12.9. The Bertz CT molecular complexity index is 581. The van der Waals surface area contributed by atoms with Crippen molar-refractivity contribution in [2.24, 2.45) is 0 Å². The first-order valence-corrected chi connectivity index (χ1v) is 7.56. The monoisotopic (exact) mass is 320 g/mol. The molecule has 6 heteroatoms. The Morgan fingerprint density at radius 3 is 2.55 bits per heavy atom. The van der Waals surface area contributed by atoms with E-state index in [9.17, 15) is 4.79 Å². The van der Waals surface area contributed by atoms with Crippen molar-refractivity contribution in [1.82, 2.24) is 19.8 Å². The van der Waals surface area contributed by atoms with E-state index < -0.39 is 0 Å². The van der Waals surface area contributed by atoms with Crippen molar-refractivity contribution in [3.63, 3.8) is 0 Å². The molecule has 1 aromatic carbocycles. The third kappa shape index (κ3) is 5.16. The minimum absolute atomic E-state index is 0.0961. The van der Waals surface area contributed by atoms with Crippen molar-refractivity contribution < 1.29 is 4.79 Å². The fourth-order valence-electron chi connectivity index (χ4n) is 2.08. The SMILES string of the molecule is CN(C)CCN(Cc1cnc[nH]1)C(=O)Cc1ccc(Cl)cc1. The molecule has 0 unspecified atom stereocenters. The Labute approximate surface area is 135 Å². The Morgan fingerprint density at radius 2 is 1.95 bits per heavy atom. The van der Waals surface area contributed by atoms with Gasteiger partial charge in [-0.2, -0.15) is 0 Å². The summed E-state index contributed by atoms with van der Waals surface area (Å²) >= 11 is 5.88. The van der Waals surface area contributed by atoms with Gasteiger partial charge in [-0.15, -0.1) is 0 Å². The van der Waals surface area contributed by atoms with E-state index in [1.807, 2.05) is 43.3 Å². The van der Waals surface area contributed by atoms with Gasteiger partial charge in [0.05, 0.1) is 25.0 Å². The van der Waals surface area contributed by atoms with Crippen LogP contribution in [0.5, 0.6) is 0 Å². The number of imidazole rings is 1. The van der Waals surface area contributed by atoms with Crippen LogP contribution in [-0.2, 0) is 17.8 Å². The maximum atomic E-state index is 12.6. The molecule has 0 fully saturated rings. The van der Waals surface area contributed by atoms with Gasteiger partial charge in [-0.3, -0.25) is 4.79 Å². The van der Waals surface area contributed by atoms with Gasteiger partial charge >= 0.3 is 0 Å². The maximum absolute atomic E-state index is 12.6. The second kappa shape index (κ2) is 7.96. The van der Waals surface area contributed by atoms with Gasteiger partial charge in [-0.05, 0) is 31.8 Å². The first-order valence-electron chi connectivity index (χ1n) is 7.19. The minimum Gasteiger partial charge on any atom is -0.347 e. The van der Waals surface area contributed by atoms with Crippen LogP contribution in [0.25, 0.3) is 0 Å². The molecule has 0 aliphatic rings. The van der Waals surface area contributed by atoms with Crippen LogP contribution in [0.15, 0.2) is 36.8 Å². The molecule has 0 aliphatic carbocycles. The number of rotatable bonds is 7. The number of hydrogen-bond acceptors (Lipinski definition) is 3. The van der Waals surface area contributed by atoms with Crippen LogP contribution in [0, 0.1) is 0 Å². The summed E-state index contributed by atoms with van der Waals surface area (Å²) in [5, 5.41) is 0.679. The van der Waals surface area contributed by atoms with Crippen molar-refractivity contribution in [2.45, 2.75) is 13.0 Å². The van der Waals surface area contributed by atoms with Crippen LogP contribution in [0.2, 0.25) is 5.02 Å². The van der Waals surface area contributed by atoms with Crippen molar-refractivity contribution in [3.05, 3.63) is 53.1 Å². The molecule has 1 amide bonds. The molecule has 0 spiro atoms. The summed E-state index contributed by atoms with van der Waals surface area (Å²) in [6, 6.07) is 7.40. The van der Waals surface area contributed by atoms with Gasteiger partial charge in [0.1, 0.15) is 0 Å². The van der Waals surface area contributed by atoms with E-state index in [4.69, 9.17) is 11.6 Å². The van der Waals surface area contributed by atoms with Crippen LogP contribution in [0.1, 0.15) is 11.3 Å². The molecule has 5 nitrogen and oxygen atoms in total. The van der Waals surface area contributed by atoms with E-state index in [1.165, 1.54) is 0 Å². The zero-order chi connectivity index (χ0) is 15.9. The molecule has 1 N–H and O–H groups in total. The van der Waals surface area contributed by atoms with Crippen LogP contribution in [0.3, 0.4) is 0 Å². The van der Waals surface area contributed by atoms with Gasteiger partial charge in [-0.1, -0.05) is 23.7 Å². The number of aromatic nitrogens is 2. The average Bonchev–Trinajstić information content (AvgIpc) is 2.98. The zero-order valence-corrected chi connectivity index (χ0v) is 13.7. The third-order valence-electron chi connectivity index (χ3n) is 3.35. The third-order valence-corrected chi connectivity index (χ3v) is 3.61. The lowest BCUT2D eigenvalue weighted by Crippen LogP contribution is -2.37. The van der Waals surface area contributed by atoms with Crippen LogP contribution in [-0.4, -0.2) is 52.9 Å². The number of nitrogens with zero attached hydrogens (tertiary/aromatic N) is 3. The number of halogens is 1. The Balaban J connectivity index is 2.02. The smallest absolute Gasteiger partial charge is 0.227 e. The molecule has 22 heavy (non-hydrogen) atoms. The second-order valence-electron chi connectivity index (χ2n) is 5.50. The number of H-pyrrole nitrogens is 1. The van der Waals surface area contributed by atoms with Gasteiger partial charge in [0.2, 0.25) is 5.91 Å². The lowest BCUT2D eigenvalue weighted by Gasteiger charge is -2.24. The maximum Gasteiger partial charge on any atom is 0.227 e. The lowest BCUT2D eigenvalue weighted by molar-refractivity contribution is -0.131. The molecule has 0 aliphatic heterocycles. The highest BCUT2D eigenvalue weighted by atomic mass is 35.5. The fourth-order valence-corrected chi connectivity index (χ4v) is 2.20. The van der Waals surface area contributed by atoms with Gasteiger partial charge in [0, 0.05) is 24.3 Å². The van der Waals surface area contributed by atoms with Gasteiger partial charge in [0.15, 0.2) is 0 Å². The molecule has 0 radical (unpaired) electrons. The molecule has 118 valence electrons. The molecule has 2 rings (SSSR count). The summed E-state index contributed by atoms with van der Waals surface area (Å²) in [5.74, 6) is 0.0961. The first kappa shape index (κ1) is 16.5. The van der Waals surface area contributed by atoms with E-state index in [1.54, 1.807) is 12.5 Å². The summed E-state index contributed by atoms with van der Waals surface area (Å²) in [7, 11) is 4.00. The highest BCUT2D eigenvalue weighted by molar-refractivity contribution is 6.30. The predicted octanol–water partition coefficient (Wildman–Crippen LogP) is 2.20. The lowest BCUT2D eigenvalue weighted by atomic mass is 10.1. The minimum atomic E-state index is 0.0961. The molecule has 0 bridgehead atoms. The van der Waals surface area contributed by atoms with Crippen LogP contribution < -0.4 is 0 Å². The van der Waals surface area contributed by atoms with Crippen LogP contribution in [0.4, 0.5) is 0 Å². The topological polar surface area (TPSA) is 52.2 Å². The summed E-state index contributed by atoms with van der Waals surface area (Å²) in [5.41, 5.74) is 1.90. The summed E-state index contributed by atoms with van der Waals surface area (Å²) in [4.78, 5) is 23.5. The standard InChI is InChI=1S/C16H21ClN4O/c1-20(2)7-8-21(11-15-10-18-12-19-15)16(22)9-13-3-5-14(17)6-4-13/h3-6,10,12H,7-9,11H2,1-2H3,(H,18,19). The number of amides is 1. The van der Waals surface area contributed by atoms with Crippen molar-refractivity contribution >= 4 is 17.5 Å². The summed E-state index contributed by atoms with van der Waals surface area (Å²) in [6.07, 6.45) is 3.75. The molecule has 0 atom stereocenters. The van der Waals surface area contributed by atoms with Gasteiger partial charge in [-0.25, -0.2) is 4.98 Å². The Hall–Kier alpha value is -1.85. The molecular formula is C16H21ClN4O. The van der Waals surface area contributed by atoms with E-state index in [2.05, 4.69) is 14.9 Å². The van der Waals surface area contributed by atoms with E-state index in [0.29, 0.717) is 24.5 Å². The Kier molecular flexibility index (Phi) is 5.98. The molecule has 0 saturated carbocycles. The number of likely N-dealkylation sites (N-methyl/N-ethyl adjacent to an activating group) is 1. The van der Waals surface area contributed by atoms with Crippen molar-refractivity contribution in [1.29, 1.82) is 0 Å².